The highest BCUT2D eigenvalue weighted by atomic mass is 32.2. The second kappa shape index (κ2) is 7.87. The average molecular weight is 314 g/mol. The number of ether oxygens (including phenoxy) is 1. The van der Waals surface area contributed by atoms with Gasteiger partial charge in [-0.15, -0.1) is 11.8 Å². The molecule has 0 spiro atoms. The molecule has 1 saturated heterocycles. The number of rotatable bonds is 4. The van der Waals surface area contributed by atoms with Crippen molar-refractivity contribution in [1.82, 2.24) is 5.32 Å². The van der Waals surface area contributed by atoms with Gasteiger partial charge in [-0.05, 0) is 56.4 Å². The Hall–Kier alpha value is -0.220. The third-order valence-electron chi connectivity index (χ3n) is 4.89. The highest BCUT2D eigenvalue weighted by Crippen LogP contribution is 2.38. The summed E-state index contributed by atoms with van der Waals surface area (Å²) in [6.45, 7) is 9.11. The molecule has 0 aromatic heterocycles. The highest BCUT2D eigenvalue weighted by molar-refractivity contribution is 8.00. The van der Waals surface area contributed by atoms with E-state index < -0.39 is 0 Å². The van der Waals surface area contributed by atoms with Gasteiger partial charge in [0.1, 0.15) is 6.10 Å². The monoisotopic (exact) mass is 313 g/mol. The Kier molecular flexibility index (Phi) is 6.42. The Balaban J connectivity index is 1.62. The van der Waals surface area contributed by atoms with Crippen LogP contribution in [0.25, 0.3) is 0 Å². The average Bonchev–Trinajstić information content (AvgIpc) is 2.46. The van der Waals surface area contributed by atoms with E-state index in [9.17, 15) is 4.79 Å². The molecule has 2 fully saturated rings. The smallest absolute Gasteiger partial charge is 0.316 e. The summed E-state index contributed by atoms with van der Waals surface area (Å²) in [5.41, 5.74) is 0.388. The van der Waals surface area contributed by atoms with Crippen LogP contribution in [0.3, 0.4) is 0 Å². The number of nitrogens with one attached hydrogen (secondary N) is 1. The maximum atomic E-state index is 12.0. The molecule has 1 aliphatic heterocycles. The molecule has 0 radical (unpaired) electrons. The second-order valence-electron chi connectivity index (χ2n) is 7.61. The van der Waals surface area contributed by atoms with E-state index in [2.05, 4.69) is 26.1 Å². The first-order chi connectivity index (χ1) is 9.95. The standard InChI is InChI=1S/C17H31NO2S/c1-17(2,3)13-6-8-14(9-7-13)20-16(19)12-21-15-5-4-10-18-11-15/h13-15,18H,4-12H2,1-3H3. The first kappa shape index (κ1) is 17.1. The summed E-state index contributed by atoms with van der Waals surface area (Å²) in [5, 5.41) is 3.97. The molecular formula is C17H31NO2S. The number of hydrogen-bond donors (Lipinski definition) is 1. The van der Waals surface area contributed by atoms with Gasteiger partial charge in [0.25, 0.3) is 0 Å². The minimum Gasteiger partial charge on any atom is -0.462 e. The fourth-order valence-electron chi connectivity index (χ4n) is 3.41. The number of thioether (sulfide) groups is 1. The molecule has 21 heavy (non-hydrogen) atoms. The lowest BCUT2D eigenvalue weighted by Gasteiger charge is -2.36. The predicted octanol–water partition coefficient (Wildman–Crippen LogP) is 3.62. The van der Waals surface area contributed by atoms with E-state index in [-0.39, 0.29) is 12.1 Å². The van der Waals surface area contributed by atoms with Gasteiger partial charge in [0.15, 0.2) is 0 Å². The van der Waals surface area contributed by atoms with Crippen LogP contribution in [0.1, 0.15) is 59.3 Å². The van der Waals surface area contributed by atoms with Crippen LogP contribution in [0, 0.1) is 11.3 Å². The van der Waals surface area contributed by atoms with Gasteiger partial charge in [-0.1, -0.05) is 20.8 Å². The molecule has 1 unspecified atom stereocenters. The normalized spacial score (nSPS) is 30.9. The molecule has 1 saturated carbocycles. The fourth-order valence-corrected chi connectivity index (χ4v) is 4.42. The highest BCUT2D eigenvalue weighted by Gasteiger charge is 2.31. The van der Waals surface area contributed by atoms with Crippen LogP contribution in [0.2, 0.25) is 0 Å². The van der Waals surface area contributed by atoms with E-state index in [0.29, 0.717) is 16.4 Å². The van der Waals surface area contributed by atoms with Crippen molar-refractivity contribution in [3.8, 4) is 0 Å². The van der Waals surface area contributed by atoms with E-state index in [4.69, 9.17) is 4.74 Å². The summed E-state index contributed by atoms with van der Waals surface area (Å²) >= 11 is 1.76. The van der Waals surface area contributed by atoms with Gasteiger partial charge >= 0.3 is 5.97 Å². The third-order valence-corrected chi connectivity index (χ3v) is 6.16. The van der Waals surface area contributed by atoms with Crippen LogP contribution in [-0.4, -0.2) is 36.2 Å². The van der Waals surface area contributed by atoms with Crippen molar-refractivity contribution < 1.29 is 9.53 Å². The number of piperidine rings is 1. The summed E-state index contributed by atoms with van der Waals surface area (Å²) in [4.78, 5) is 12.0. The molecular weight excluding hydrogens is 282 g/mol. The zero-order chi connectivity index (χ0) is 15.3. The van der Waals surface area contributed by atoms with Crippen LogP contribution in [0.15, 0.2) is 0 Å². The van der Waals surface area contributed by atoms with Gasteiger partial charge in [0.05, 0.1) is 5.75 Å². The first-order valence-corrected chi connectivity index (χ1v) is 9.52. The van der Waals surface area contributed by atoms with Gasteiger partial charge in [-0.2, -0.15) is 0 Å². The first-order valence-electron chi connectivity index (χ1n) is 8.47. The maximum Gasteiger partial charge on any atom is 0.316 e. The van der Waals surface area contributed by atoms with Crippen molar-refractivity contribution in [3.05, 3.63) is 0 Å². The van der Waals surface area contributed by atoms with Gasteiger partial charge in [0, 0.05) is 11.8 Å². The minimum atomic E-state index is -0.00946. The topological polar surface area (TPSA) is 38.3 Å². The van der Waals surface area contributed by atoms with Crippen molar-refractivity contribution in [3.63, 3.8) is 0 Å². The Bertz CT molecular complexity index is 326. The van der Waals surface area contributed by atoms with Gasteiger partial charge in [0.2, 0.25) is 0 Å². The van der Waals surface area contributed by atoms with Crippen molar-refractivity contribution in [2.24, 2.45) is 11.3 Å². The fraction of sp³-hybridized carbons (Fsp3) is 0.941. The van der Waals surface area contributed by atoms with E-state index in [1.54, 1.807) is 11.8 Å². The summed E-state index contributed by atoms with van der Waals surface area (Å²) in [6.07, 6.45) is 7.10. The van der Waals surface area contributed by atoms with Crippen LogP contribution in [-0.2, 0) is 9.53 Å². The van der Waals surface area contributed by atoms with E-state index in [0.717, 1.165) is 31.8 Å². The predicted molar refractivity (Wildman–Crippen MR) is 89.6 cm³/mol. The number of carbonyl (C=O) groups is 1. The molecule has 1 heterocycles. The van der Waals surface area contributed by atoms with Gasteiger partial charge < -0.3 is 10.1 Å². The summed E-state index contributed by atoms with van der Waals surface area (Å²) in [5.74, 6) is 1.28. The van der Waals surface area contributed by atoms with E-state index >= 15 is 0 Å². The van der Waals surface area contributed by atoms with Crippen LogP contribution < -0.4 is 5.32 Å². The summed E-state index contributed by atoms with van der Waals surface area (Å²) < 4.78 is 5.66. The Morgan fingerprint density at radius 2 is 1.90 bits per heavy atom. The molecule has 4 heteroatoms. The van der Waals surface area contributed by atoms with E-state index in [1.807, 2.05) is 0 Å². The van der Waals surface area contributed by atoms with Crippen molar-refractivity contribution in [2.45, 2.75) is 70.7 Å². The van der Waals surface area contributed by atoms with Crippen LogP contribution in [0.5, 0.6) is 0 Å². The molecule has 3 nitrogen and oxygen atoms in total. The van der Waals surface area contributed by atoms with Crippen molar-refractivity contribution in [2.75, 3.05) is 18.8 Å². The second-order valence-corrected chi connectivity index (χ2v) is 8.90. The zero-order valence-electron chi connectivity index (χ0n) is 13.8. The Morgan fingerprint density at radius 1 is 1.19 bits per heavy atom. The zero-order valence-corrected chi connectivity index (χ0v) is 14.6. The van der Waals surface area contributed by atoms with Crippen molar-refractivity contribution >= 4 is 17.7 Å². The van der Waals surface area contributed by atoms with Gasteiger partial charge in [-0.25, -0.2) is 0 Å². The lowest BCUT2D eigenvalue weighted by molar-refractivity contribution is -0.148. The van der Waals surface area contributed by atoms with E-state index in [1.165, 1.54) is 25.7 Å². The van der Waals surface area contributed by atoms with Crippen molar-refractivity contribution in [1.29, 1.82) is 0 Å². The molecule has 1 N–H and O–H groups in total. The Labute approximate surface area is 134 Å². The Morgan fingerprint density at radius 3 is 2.48 bits per heavy atom. The molecule has 1 aliphatic carbocycles. The molecule has 0 aromatic carbocycles. The largest absolute Gasteiger partial charge is 0.462 e. The molecule has 0 amide bonds. The number of hydrogen-bond acceptors (Lipinski definition) is 4. The van der Waals surface area contributed by atoms with Crippen LogP contribution in [0.4, 0.5) is 0 Å². The quantitative estimate of drug-likeness (QED) is 0.805. The SMILES string of the molecule is CC(C)(C)C1CCC(OC(=O)CSC2CCCNC2)CC1. The van der Waals surface area contributed by atoms with Gasteiger partial charge in [-0.3, -0.25) is 4.79 Å². The molecule has 1 atom stereocenters. The molecule has 0 aromatic rings. The number of esters is 1. The molecule has 2 rings (SSSR count). The number of carbonyl (C=O) groups excluding carboxylic acids is 1. The third kappa shape index (κ3) is 5.82. The lowest BCUT2D eigenvalue weighted by atomic mass is 9.72. The van der Waals surface area contributed by atoms with Crippen LogP contribution >= 0.6 is 11.8 Å². The maximum absolute atomic E-state index is 12.0. The minimum absolute atomic E-state index is 0.00946. The summed E-state index contributed by atoms with van der Waals surface area (Å²) in [6, 6.07) is 0. The summed E-state index contributed by atoms with van der Waals surface area (Å²) in [7, 11) is 0. The lowest BCUT2D eigenvalue weighted by Crippen LogP contribution is -2.33. The molecule has 2 aliphatic rings. The molecule has 0 bridgehead atoms. The molecule has 122 valence electrons.